The summed E-state index contributed by atoms with van der Waals surface area (Å²) in [5, 5.41) is 14.7. The van der Waals surface area contributed by atoms with Crippen molar-refractivity contribution in [3.8, 4) is 11.4 Å². The average Bonchev–Trinajstić information content (AvgIpc) is 3.66. The van der Waals surface area contributed by atoms with Gasteiger partial charge >= 0.3 is 6.18 Å². The second-order valence-corrected chi connectivity index (χ2v) is 12.9. The Kier molecular flexibility index (Phi) is 7.64. The summed E-state index contributed by atoms with van der Waals surface area (Å²) in [4.78, 5) is 31.4. The molecule has 2 aromatic heterocycles. The van der Waals surface area contributed by atoms with Gasteiger partial charge in [0.15, 0.2) is 5.82 Å². The summed E-state index contributed by atoms with van der Waals surface area (Å²) in [6.45, 7) is 3.55. The number of alkyl halides is 3. The van der Waals surface area contributed by atoms with E-state index < -0.39 is 17.3 Å². The van der Waals surface area contributed by atoms with E-state index in [-0.39, 0.29) is 18.0 Å². The Balaban J connectivity index is 0.948. The summed E-state index contributed by atoms with van der Waals surface area (Å²) in [5.74, 6) is 0.674. The zero-order chi connectivity index (χ0) is 31.3. The minimum Gasteiger partial charge on any atom is -0.384 e. The number of carbonyl (C=O) groups is 1. The molecule has 0 bridgehead atoms. The molecular weight excluding hydrogens is 581 g/mol. The quantitative estimate of drug-likeness (QED) is 0.374. The lowest BCUT2D eigenvalue weighted by molar-refractivity contribution is -0.137. The van der Waals surface area contributed by atoms with Crippen molar-refractivity contribution in [2.75, 3.05) is 18.4 Å². The van der Waals surface area contributed by atoms with E-state index in [1.54, 1.807) is 30.7 Å². The number of carbonyl (C=O) groups excluding carboxylic acids is 1. The summed E-state index contributed by atoms with van der Waals surface area (Å²) in [6.07, 6.45) is 6.09. The molecule has 4 heterocycles. The second kappa shape index (κ2) is 11.5. The number of likely N-dealkylation sites (tertiary alicyclic amines) is 2. The zero-order valence-corrected chi connectivity index (χ0v) is 25.2. The van der Waals surface area contributed by atoms with Gasteiger partial charge in [0.25, 0.3) is 0 Å². The van der Waals surface area contributed by atoms with Crippen LogP contribution in [0.3, 0.4) is 0 Å². The van der Waals surface area contributed by atoms with Crippen LogP contribution in [0.1, 0.15) is 63.1 Å². The molecule has 3 unspecified atom stereocenters. The van der Waals surface area contributed by atoms with Crippen LogP contribution in [0.15, 0.2) is 72.2 Å². The number of rotatable bonds is 6. The van der Waals surface area contributed by atoms with Crippen LogP contribution in [0.2, 0.25) is 0 Å². The molecule has 45 heavy (non-hydrogen) atoms. The van der Waals surface area contributed by atoms with Gasteiger partial charge in [-0.3, -0.25) is 14.7 Å². The smallest absolute Gasteiger partial charge is 0.384 e. The fourth-order valence-corrected chi connectivity index (χ4v) is 7.82. The Morgan fingerprint density at radius 1 is 0.978 bits per heavy atom. The third-order valence-corrected chi connectivity index (χ3v) is 10.4. The predicted molar refractivity (Wildman–Crippen MR) is 163 cm³/mol. The van der Waals surface area contributed by atoms with Gasteiger partial charge in [0.1, 0.15) is 5.60 Å². The largest absolute Gasteiger partial charge is 0.416 e. The molecule has 1 aromatic carbocycles. The van der Waals surface area contributed by atoms with Gasteiger partial charge in [-0.25, -0.2) is 9.97 Å². The first-order chi connectivity index (χ1) is 21.6. The molecule has 0 spiro atoms. The van der Waals surface area contributed by atoms with Crippen molar-refractivity contribution in [3.05, 3.63) is 83.5 Å². The molecule has 2 aliphatic carbocycles. The lowest BCUT2D eigenvalue weighted by Crippen LogP contribution is -2.47. The molecule has 11 heteroatoms. The van der Waals surface area contributed by atoms with Gasteiger partial charge < -0.3 is 15.3 Å². The summed E-state index contributed by atoms with van der Waals surface area (Å²) < 4.78 is 39.4. The standard InChI is InChI=1S/C34H37F3N6O2/c1-21-26(19-27(21)41-24-5-2-4-23(18-24)34(35,36)37)32(44)43-17-11-28-29(43)10-16-42(28)25-8-12-33(45,13-9-25)30-7-6-22(20-40-30)31-38-14-3-15-39-31/h2-7,14-15,18,20,25,27-29,41,45H,8-13,16-17,19H2,1H3. The van der Waals surface area contributed by atoms with Crippen LogP contribution >= 0.6 is 0 Å². The van der Waals surface area contributed by atoms with Gasteiger partial charge in [0, 0.05) is 73.1 Å². The number of pyridine rings is 1. The van der Waals surface area contributed by atoms with Gasteiger partial charge in [-0.05, 0) is 87.4 Å². The molecule has 0 radical (unpaired) electrons. The number of aromatic nitrogens is 3. The highest BCUT2D eigenvalue weighted by Crippen LogP contribution is 2.43. The van der Waals surface area contributed by atoms with Gasteiger partial charge in [-0.1, -0.05) is 6.07 Å². The van der Waals surface area contributed by atoms with E-state index in [0.717, 1.165) is 61.1 Å². The predicted octanol–water partition coefficient (Wildman–Crippen LogP) is 5.56. The number of nitrogens with zero attached hydrogens (tertiary/aromatic N) is 5. The van der Waals surface area contributed by atoms with E-state index in [1.807, 2.05) is 24.0 Å². The second-order valence-electron chi connectivity index (χ2n) is 12.9. The number of anilines is 1. The van der Waals surface area contributed by atoms with Crippen LogP contribution in [-0.2, 0) is 16.6 Å². The van der Waals surface area contributed by atoms with Crippen molar-refractivity contribution >= 4 is 11.6 Å². The number of benzene rings is 1. The Morgan fingerprint density at radius 2 is 1.73 bits per heavy atom. The lowest BCUT2D eigenvalue weighted by atomic mass is 9.79. The molecule has 7 rings (SSSR count). The first-order valence-electron chi connectivity index (χ1n) is 15.8. The van der Waals surface area contributed by atoms with Crippen LogP contribution in [0.5, 0.6) is 0 Å². The van der Waals surface area contributed by atoms with Crippen LogP contribution in [0, 0.1) is 0 Å². The van der Waals surface area contributed by atoms with Crippen molar-refractivity contribution in [1.82, 2.24) is 24.8 Å². The van der Waals surface area contributed by atoms with Gasteiger partial charge in [0.2, 0.25) is 5.91 Å². The Bertz CT molecular complexity index is 1590. The van der Waals surface area contributed by atoms with Gasteiger partial charge in [-0.2, -0.15) is 13.2 Å². The number of halogens is 3. The SMILES string of the molecule is CC1=C(C(=O)N2CCC3C2CCN3C2CCC(O)(c3ccc(-c4ncccn4)cn3)CC2)CC1Nc1cccc(C(F)(F)F)c1. The van der Waals surface area contributed by atoms with Crippen LogP contribution in [0.4, 0.5) is 18.9 Å². The summed E-state index contributed by atoms with van der Waals surface area (Å²) in [7, 11) is 0. The number of amides is 1. The highest BCUT2D eigenvalue weighted by molar-refractivity contribution is 5.97. The highest BCUT2D eigenvalue weighted by Gasteiger charge is 2.49. The fraction of sp³-hybridized carbons (Fsp3) is 0.471. The molecule has 3 atom stereocenters. The minimum absolute atomic E-state index is 0.0670. The molecule has 236 valence electrons. The van der Waals surface area contributed by atoms with E-state index in [1.165, 1.54) is 6.07 Å². The topological polar surface area (TPSA) is 94.5 Å². The summed E-state index contributed by atoms with van der Waals surface area (Å²) in [5.41, 5.74) is 1.93. The highest BCUT2D eigenvalue weighted by atomic mass is 19.4. The number of hydrogen-bond donors (Lipinski definition) is 2. The third-order valence-electron chi connectivity index (χ3n) is 10.4. The van der Waals surface area contributed by atoms with Crippen molar-refractivity contribution in [1.29, 1.82) is 0 Å². The number of aliphatic hydroxyl groups is 1. The van der Waals surface area contributed by atoms with Crippen molar-refractivity contribution in [2.45, 2.75) is 87.8 Å². The zero-order valence-electron chi connectivity index (χ0n) is 25.2. The van der Waals surface area contributed by atoms with Crippen molar-refractivity contribution < 1.29 is 23.1 Å². The molecule has 3 fully saturated rings. The third kappa shape index (κ3) is 5.61. The first-order valence-corrected chi connectivity index (χ1v) is 15.8. The monoisotopic (exact) mass is 618 g/mol. The molecule has 2 saturated heterocycles. The van der Waals surface area contributed by atoms with Crippen LogP contribution < -0.4 is 5.32 Å². The Hall–Kier alpha value is -3.83. The molecule has 1 saturated carbocycles. The molecule has 1 amide bonds. The molecular formula is C34H37F3N6O2. The van der Waals surface area contributed by atoms with E-state index in [0.29, 0.717) is 55.1 Å². The van der Waals surface area contributed by atoms with E-state index in [4.69, 9.17) is 0 Å². The normalized spacial score (nSPS) is 28.6. The maximum atomic E-state index is 13.6. The molecule has 2 aliphatic heterocycles. The molecule has 4 aliphatic rings. The summed E-state index contributed by atoms with van der Waals surface area (Å²) in [6, 6.07) is 11.5. The molecule has 3 aromatic rings. The summed E-state index contributed by atoms with van der Waals surface area (Å²) >= 11 is 0. The number of hydrogen-bond acceptors (Lipinski definition) is 7. The van der Waals surface area contributed by atoms with Crippen LogP contribution in [0.25, 0.3) is 11.4 Å². The maximum absolute atomic E-state index is 13.6. The van der Waals surface area contributed by atoms with Crippen molar-refractivity contribution in [3.63, 3.8) is 0 Å². The van der Waals surface area contributed by atoms with E-state index >= 15 is 0 Å². The fourth-order valence-electron chi connectivity index (χ4n) is 7.82. The Labute approximate surface area is 260 Å². The Morgan fingerprint density at radius 3 is 2.42 bits per heavy atom. The maximum Gasteiger partial charge on any atom is 0.416 e. The lowest BCUT2D eigenvalue weighted by Gasteiger charge is -2.41. The van der Waals surface area contributed by atoms with Gasteiger partial charge in [0.05, 0.1) is 17.3 Å². The first kappa shape index (κ1) is 29.9. The number of nitrogens with one attached hydrogen (secondary N) is 1. The van der Waals surface area contributed by atoms with E-state index in [2.05, 4.69) is 25.2 Å². The molecule has 2 N–H and O–H groups in total. The van der Waals surface area contributed by atoms with Crippen LogP contribution in [-0.4, -0.2) is 73.0 Å². The average molecular weight is 619 g/mol. The number of fused-ring (bicyclic) bond motifs is 1. The molecule has 8 nitrogen and oxygen atoms in total. The van der Waals surface area contributed by atoms with Crippen molar-refractivity contribution in [2.24, 2.45) is 0 Å². The van der Waals surface area contributed by atoms with Gasteiger partial charge in [-0.15, -0.1) is 0 Å². The minimum atomic E-state index is -4.40. The van der Waals surface area contributed by atoms with E-state index in [9.17, 15) is 23.1 Å².